The summed E-state index contributed by atoms with van der Waals surface area (Å²) in [5.41, 5.74) is 7.64. The van der Waals surface area contributed by atoms with Crippen molar-refractivity contribution in [1.82, 2.24) is 4.90 Å². The Balaban J connectivity index is 1.97. The van der Waals surface area contributed by atoms with Crippen LogP contribution in [-0.4, -0.2) is 36.1 Å². The standard InChI is InChI=1S/C14H20N2OS/c1-11-5-4-6-12(14(15)18)13(11)17-10-9-16-7-2-3-8-16/h4-6H,2-3,7-10H2,1H3,(H2,15,18). The summed E-state index contributed by atoms with van der Waals surface area (Å²) in [6, 6.07) is 5.89. The zero-order chi connectivity index (χ0) is 13.0. The van der Waals surface area contributed by atoms with Crippen molar-refractivity contribution in [3.05, 3.63) is 29.3 Å². The first-order chi connectivity index (χ1) is 8.68. The largest absolute Gasteiger partial charge is 0.491 e. The van der Waals surface area contributed by atoms with Crippen LogP contribution >= 0.6 is 12.2 Å². The number of rotatable bonds is 5. The lowest BCUT2D eigenvalue weighted by Gasteiger charge is -2.17. The normalized spacial score (nSPS) is 15.8. The number of nitrogens with two attached hydrogens (primary N) is 1. The molecule has 1 aliphatic heterocycles. The number of likely N-dealkylation sites (tertiary alicyclic amines) is 1. The Kier molecular flexibility index (Phi) is 4.55. The fourth-order valence-corrected chi connectivity index (χ4v) is 2.48. The van der Waals surface area contributed by atoms with Crippen LogP contribution in [0, 0.1) is 6.92 Å². The Labute approximate surface area is 114 Å². The number of hydrogen-bond acceptors (Lipinski definition) is 3. The molecule has 3 nitrogen and oxygen atoms in total. The molecule has 0 spiro atoms. The van der Waals surface area contributed by atoms with E-state index in [1.807, 2.05) is 25.1 Å². The molecule has 0 bridgehead atoms. The molecule has 1 heterocycles. The predicted octanol–water partition coefficient (Wildman–Crippen LogP) is 2.10. The van der Waals surface area contributed by atoms with Crippen molar-refractivity contribution in [2.75, 3.05) is 26.2 Å². The lowest BCUT2D eigenvalue weighted by molar-refractivity contribution is 0.236. The maximum Gasteiger partial charge on any atom is 0.132 e. The van der Waals surface area contributed by atoms with E-state index in [4.69, 9.17) is 22.7 Å². The van der Waals surface area contributed by atoms with Gasteiger partial charge in [-0.05, 0) is 44.5 Å². The minimum Gasteiger partial charge on any atom is -0.491 e. The van der Waals surface area contributed by atoms with E-state index in [1.54, 1.807) is 0 Å². The lowest BCUT2D eigenvalue weighted by atomic mass is 10.1. The molecule has 2 rings (SSSR count). The van der Waals surface area contributed by atoms with E-state index in [1.165, 1.54) is 25.9 Å². The quantitative estimate of drug-likeness (QED) is 0.827. The van der Waals surface area contributed by atoms with Crippen LogP contribution in [0.4, 0.5) is 0 Å². The first kappa shape index (κ1) is 13.3. The van der Waals surface area contributed by atoms with Crippen molar-refractivity contribution in [2.45, 2.75) is 19.8 Å². The van der Waals surface area contributed by atoms with Crippen molar-refractivity contribution in [3.63, 3.8) is 0 Å². The van der Waals surface area contributed by atoms with Crippen LogP contribution in [0.15, 0.2) is 18.2 Å². The smallest absolute Gasteiger partial charge is 0.132 e. The molecule has 1 aliphatic rings. The molecule has 0 aromatic heterocycles. The molecule has 1 saturated heterocycles. The van der Waals surface area contributed by atoms with Gasteiger partial charge in [-0.25, -0.2) is 0 Å². The second-order valence-electron chi connectivity index (χ2n) is 4.71. The van der Waals surface area contributed by atoms with Gasteiger partial charge in [0.1, 0.15) is 17.3 Å². The summed E-state index contributed by atoms with van der Waals surface area (Å²) < 4.78 is 5.88. The highest BCUT2D eigenvalue weighted by Crippen LogP contribution is 2.23. The van der Waals surface area contributed by atoms with Gasteiger partial charge in [-0.2, -0.15) is 0 Å². The molecule has 98 valence electrons. The Morgan fingerprint density at radius 3 is 2.78 bits per heavy atom. The Morgan fingerprint density at radius 2 is 2.11 bits per heavy atom. The number of ether oxygens (including phenoxy) is 1. The number of nitrogens with zero attached hydrogens (tertiary/aromatic N) is 1. The highest BCUT2D eigenvalue weighted by atomic mass is 32.1. The zero-order valence-electron chi connectivity index (χ0n) is 10.8. The molecule has 0 aliphatic carbocycles. The summed E-state index contributed by atoms with van der Waals surface area (Å²) in [4.78, 5) is 2.83. The van der Waals surface area contributed by atoms with Crippen molar-refractivity contribution >= 4 is 17.2 Å². The van der Waals surface area contributed by atoms with Crippen LogP contribution in [0.25, 0.3) is 0 Å². The van der Waals surface area contributed by atoms with Crippen LogP contribution in [-0.2, 0) is 0 Å². The van der Waals surface area contributed by atoms with Gasteiger partial charge in [-0.3, -0.25) is 4.90 Å². The number of hydrogen-bond donors (Lipinski definition) is 1. The van der Waals surface area contributed by atoms with Crippen molar-refractivity contribution in [1.29, 1.82) is 0 Å². The van der Waals surface area contributed by atoms with E-state index in [0.29, 0.717) is 11.6 Å². The van der Waals surface area contributed by atoms with E-state index in [-0.39, 0.29) is 0 Å². The fraction of sp³-hybridized carbons (Fsp3) is 0.500. The van der Waals surface area contributed by atoms with Crippen LogP contribution in [0.5, 0.6) is 5.75 Å². The van der Waals surface area contributed by atoms with E-state index >= 15 is 0 Å². The fourth-order valence-electron chi connectivity index (χ4n) is 2.32. The van der Waals surface area contributed by atoms with Crippen LogP contribution < -0.4 is 10.5 Å². The first-order valence-corrected chi connectivity index (χ1v) is 6.84. The summed E-state index contributed by atoms with van der Waals surface area (Å²) in [6.07, 6.45) is 2.62. The number of benzene rings is 1. The summed E-state index contributed by atoms with van der Waals surface area (Å²) in [7, 11) is 0. The third kappa shape index (κ3) is 3.21. The average Bonchev–Trinajstić information content (AvgIpc) is 2.84. The van der Waals surface area contributed by atoms with Gasteiger partial charge >= 0.3 is 0 Å². The Morgan fingerprint density at radius 1 is 1.39 bits per heavy atom. The minimum absolute atomic E-state index is 0.398. The number of para-hydroxylation sites is 1. The maximum atomic E-state index is 5.88. The molecule has 0 unspecified atom stereocenters. The second-order valence-corrected chi connectivity index (χ2v) is 5.15. The lowest BCUT2D eigenvalue weighted by Crippen LogP contribution is -2.25. The highest BCUT2D eigenvalue weighted by molar-refractivity contribution is 7.80. The third-order valence-corrected chi connectivity index (χ3v) is 3.55. The third-order valence-electron chi connectivity index (χ3n) is 3.33. The SMILES string of the molecule is Cc1cccc(C(N)=S)c1OCCN1CCCC1. The average molecular weight is 264 g/mol. The van der Waals surface area contributed by atoms with E-state index in [2.05, 4.69) is 4.90 Å². The number of thiocarbonyl (C=S) groups is 1. The molecule has 0 saturated carbocycles. The molecule has 0 amide bonds. The van der Waals surface area contributed by atoms with Crippen molar-refractivity contribution in [3.8, 4) is 5.75 Å². The molecule has 2 N–H and O–H groups in total. The van der Waals surface area contributed by atoms with Gasteiger partial charge in [-0.15, -0.1) is 0 Å². The zero-order valence-corrected chi connectivity index (χ0v) is 11.6. The van der Waals surface area contributed by atoms with Gasteiger partial charge < -0.3 is 10.5 Å². The van der Waals surface area contributed by atoms with Crippen molar-refractivity contribution in [2.24, 2.45) is 5.73 Å². The van der Waals surface area contributed by atoms with Crippen LogP contribution in [0.1, 0.15) is 24.0 Å². The van der Waals surface area contributed by atoms with Gasteiger partial charge in [0.25, 0.3) is 0 Å². The summed E-state index contributed by atoms with van der Waals surface area (Å²) in [5, 5.41) is 0. The summed E-state index contributed by atoms with van der Waals surface area (Å²) in [6.45, 7) is 6.08. The molecule has 1 aromatic carbocycles. The molecule has 0 atom stereocenters. The van der Waals surface area contributed by atoms with E-state index in [9.17, 15) is 0 Å². The predicted molar refractivity (Wildman–Crippen MR) is 78.2 cm³/mol. The number of aryl methyl sites for hydroxylation is 1. The minimum atomic E-state index is 0.398. The topological polar surface area (TPSA) is 38.5 Å². The maximum absolute atomic E-state index is 5.88. The molecular formula is C14H20N2OS. The van der Waals surface area contributed by atoms with Gasteiger partial charge in [0.15, 0.2) is 0 Å². The first-order valence-electron chi connectivity index (χ1n) is 6.43. The molecule has 1 fully saturated rings. The molecular weight excluding hydrogens is 244 g/mol. The van der Waals surface area contributed by atoms with Gasteiger partial charge in [0.05, 0.1) is 5.56 Å². The van der Waals surface area contributed by atoms with Crippen LogP contribution in [0.2, 0.25) is 0 Å². The summed E-state index contributed by atoms with van der Waals surface area (Å²) >= 11 is 5.05. The van der Waals surface area contributed by atoms with Crippen molar-refractivity contribution < 1.29 is 4.74 Å². The second kappa shape index (κ2) is 6.16. The van der Waals surface area contributed by atoms with E-state index < -0.39 is 0 Å². The van der Waals surface area contributed by atoms with E-state index in [0.717, 1.165) is 23.4 Å². The van der Waals surface area contributed by atoms with Crippen LogP contribution in [0.3, 0.4) is 0 Å². The molecule has 0 radical (unpaired) electrons. The highest BCUT2D eigenvalue weighted by Gasteiger charge is 2.13. The molecule has 4 heteroatoms. The summed E-state index contributed by atoms with van der Waals surface area (Å²) in [5.74, 6) is 0.837. The molecule has 18 heavy (non-hydrogen) atoms. The Hall–Kier alpha value is -1.13. The van der Waals surface area contributed by atoms with Gasteiger partial charge in [-0.1, -0.05) is 24.4 Å². The molecule has 1 aromatic rings. The van der Waals surface area contributed by atoms with Gasteiger partial charge in [0.2, 0.25) is 0 Å². The Bertz CT molecular complexity index is 428. The monoisotopic (exact) mass is 264 g/mol. The van der Waals surface area contributed by atoms with Gasteiger partial charge in [0, 0.05) is 6.54 Å².